The molecule has 0 bridgehead atoms. The molecule has 0 saturated carbocycles. The molecule has 0 aromatic heterocycles. The monoisotopic (exact) mass is 468 g/mol. The van der Waals surface area contributed by atoms with Crippen LogP contribution >= 0.6 is 11.6 Å². The van der Waals surface area contributed by atoms with Gasteiger partial charge in [0.15, 0.2) is 17.3 Å². The summed E-state index contributed by atoms with van der Waals surface area (Å²) in [6.07, 6.45) is 0.474. The lowest BCUT2D eigenvalue weighted by Gasteiger charge is -2.36. The van der Waals surface area contributed by atoms with E-state index in [9.17, 15) is 4.79 Å². The van der Waals surface area contributed by atoms with Crippen LogP contribution in [0, 0.1) is 0 Å². The summed E-state index contributed by atoms with van der Waals surface area (Å²) in [5.74, 6) is 1.84. The summed E-state index contributed by atoms with van der Waals surface area (Å²) in [7, 11) is 4.77. The molecular formula is C26H29ClN2O4. The number of carbonyl (C=O) groups excluding carboxylic acids is 1. The first-order chi connectivity index (χ1) is 16.0. The van der Waals surface area contributed by atoms with Gasteiger partial charge in [0.05, 0.1) is 32.0 Å². The van der Waals surface area contributed by atoms with Gasteiger partial charge in [0.25, 0.3) is 0 Å². The highest BCUT2D eigenvalue weighted by Crippen LogP contribution is 2.43. The molecule has 0 radical (unpaired) electrons. The molecule has 1 saturated heterocycles. The predicted molar refractivity (Wildman–Crippen MR) is 133 cm³/mol. The number of ketones is 1. The van der Waals surface area contributed by atoms with E-state index in [4.69, 9.17) is 25.8 Å². The van der Waals surface area contributed by atoms with Crippen molar-refractivity contribution in [2.75, 3.05) is 59.0 Å². The number of rotatable bonds is 8. The molecule has 1 heterocycles. The molecule has 1 aliphatic rings. The lowest BCUT2D eigenvalue weighted by Crippen LogP contribution is -2.47. The number of anilines is 1. The van der Waals surface area contributed by atoms with Crippen molar-refractivity contribution in [3.63, 3.8) is 0 Å². The molecule has 7 heteroatoms. The third-order valence-corrected chi connectivity index (χ3v) is 6.50. The normalized spacial score (nSPS) is 14.4. The fourth-order valence-corrected chi connectivity index (χ4v) is 4.63. The molecule has 1 fully saturated rings. The van der Waals surface area contributed by atoms with Gasteiger partial charge in [-0.3, -0.25) is 9.69 Å². The van der Waals surface area contributed by atoms with Gasteiger partial charge >= 0.3 is 0 Å². The van der Waals surface area contributed by atoms with E-state index in [1.54, 1.807) is 21.3 Å². The second kappa shape index (κ2) is 10.3. The van der Waals surface area contributed by atoms with Crippen molar-refractivity contribution >= 4 is 33.8 Å². The van der Waals surface area contributed by atoms with Crippen LogP contribution < -0.4 is 19.1 Å². The number of para-hydroxylation sites is 1. The number of Topliss-reactive ketones (excluding diaryl/α,β-unsaturated/α-hetero) is 1. The first-order valence-electron chi connectivity index (χ1n) is 11.0. The smallest absolute Gasteiger partial charge is 0.203 e. The van der Waals surface area contributed by atoms with E-state index >= 15 is 0 Å². The van der Waals surface area contributed by atoms with E-state index in [2.05, 4.69) is 15.9 Å². The number of ether oxygens (including phenoxy) is 3. The molecule has 3 aromatic carbocycles. The number of fused-ring (bicyclic) bond motifs is 1. The Kier molecular flexibility index (Phi) is 7.26. The zero-order valence-electron chi connectivity index (χ0n) is 19.3. The van der Waals surface area contributed by atoms with Crippen molar-refractivity contribution in [2.45, 2.75) is 6.42 Å². The van der Waals surface area contributed by atoms with E-state index in [-0.39, 0.29) is 5.78 Å². The third kappa shape index (κ3) is 4.87. The number of hydrogen-bond acceptors (Lipinski definition) is 6. The summed E-state index contributed by atoms with van der Waals surface area (Å²) in [5, 5.41) is 2.54. The first kappa shape index (κ1) is 23.2. The maximum atomic E-state index is 13.0. The number of piperazine rings is 1. The zero-order chi connectivity index (χ0) is 23.4. The van der Waals surface area contributed by atoms with Crippen LogP contribution in [0.25, 0.3) is 10.8 Å². The summed E-state index contributed by atoms with van der Waals surface area (Å²) >= 11 is 6.34. The van der Waals surface area contributed by atoms with Crippen LogP contribution in [0.1, 0.15) is 16.8 Å². The molecular weight excluding hydrogens is 440 g/mol. The Morgan fingerprint density at radius 3 is 2.30 bits per heavy atom. The average Bonchev–Trinajstić information content (AvgIpc) is 2.86. The second-order valence-electron chi connectivity index (χ2n) is 8.03. The predicted octanol–water partition coefficient (Wildman–Crippen LogP) is 4.91. The molecule has 1 aliphatic heterocycles. The quantitative estimate of drug-likeness (QED) is 0.438. The molecule has 6 nitrogen and oxygen atoms in total. The summed E-state index contributed by atoms with van der Waals surface area (Å²) in [6, 6.07) is 15.5. The van der Waals surface area contributed by atoms with Crippen molar-refractivity contribution < 1.29 is 19.0 Å². The van der Waals surface area contributed by atoms with Crippen LogP contribution in [-0.4, -0.2) is 64.7 Å². The molecule has 0 unspecified atom stereocenters. The largest absolute Gasteiger partial charge is 0.493 e. The average molecular weight is 469 g/mol. The molecule has 3 aromatic rings. The van der Waals surface area contributed by atoms with E-state index in [1.165, 1.54) is 0 Å². The molecule has 0 spiro atoms. The second-order valence-corrected chi connectivity index (χ2v) is 8.44. The minimum absolute atomic E-state index is 0.124. The molecule has 0 aliphatic carbocycles. The summed E-state index contributed by atoms with van der Waals surface area (Å²) in [6.45, 7) is 4.35. The fraction of sp³-hybridized carbons (Fsp3) is 0.346. The van der Waals surface area contributed by atoms with Crippen molar-refractivity contribution in [3.8, 4) is 17.2 Å². The maximum absolute atomic E-state index is 13.0. The van der Waals surface area contributed by atoms with Crippen molar-refractivity contribution in [1.82, 2.24) is 4.90 Å². The summed E-state index contributed by atoms with van der Waals surface area (Å²) in [5.41, 5.74) is 1.76. The van der Waals surface area contributed by atoms with Gasteiger partial charge < -0.3 is 19.1 Å². The van der Waals surface area contributed by atoms with Gasteiger partial charge in [0.1, 0.15) is 0 Å². The third-order valence-electron chi connectivity index (χ3n) is 6.18. The fourth-order valence-electron chi connectivity index (χ4n) is 4.38. The Bertz CT molecular complexity index is 1140. The van der Waals surface area contributed by atoms with Crippen LogP contribution in [0.15, 0.2) is 48.5 Å². The van der Waals surface area contributed by atoms with Crippen LogP contribution in [0.2, 0.25) is 5.02 Å². The Balaban J connectivity index is 1.41. The minimum atomic E-state index is 0.124. The lowest BCUT2D eigenvalue weighted by atomic mass is 10.0. The molecule has 33 heavy (non-hydrogen) atoms. The van der Waals surface area contributed by atoms with Gasteiger partial charge in [-0.05, 0) is 35.7 Å². The van der Waals surface area contributed by atoms with E-state index in [0.29, 0.717) is 29.2 Å². The highest BCUT2D eigenvalue weighted by molar-refractivity contribution is 6.33. The van der Waals surface area contributed by atoms with E-state index in [1.807, 2.05) is 42.5 Å². The van der Waals surface area contributed by atoms with Crippen LogP contribution in [0.3, 0.4) is 0 Å². The Morgan fingerprint density at radius 1 is 0.909 bits per heavy atom. The number of hydrogen-bond donors (Lipinski definition) is 0. The molecule has 0 amide bonds. The topological polar surface area (TPSA) is 51.2 Å². The minimum Gasteiger partial charge on any atom is -0.493 e. The number of halogens is 1. The number of carbonyl (C=O) groups is 1. The van der Waals surface area contributed by atoms with Crippen LogP contribution in [0.5, 0.6) is 17.2 Å². The first-order valence-corrected chi connectivity index (χ1v) is 11.4. The summed E-state index contributed by atoms with van der Waals surface area (Å²) < 4.78 is 16.5. The zero-order valence-corrected chi connectivity index (χ0v) is 20.0. The number of methoxy groups -OCH3 is 3. The highest BCUT2D eigenvalue weighted by atomic mass is 35.5. The maximum Gasteiger partial charge on any atom is 0.203 e. The van der Waals surface area contributed by atoms with Gasteiger partial charge in [-0.15, -0.1) is 0 Å². The van der Waals surface area contributed by atoms with E-state index in [0.717, 1.165) is 54.2 Å². The van der Waals surface area contributed by atoms with E-state index < -0.39 is 0 Å². The van der Waals surface area contributed by atoms with Gasteiger partial charge in [-0.2, -0.15) is 0 Å². The molecule has 0 N–H and O–H groups in total. The van der Waals surface area contributed by atoms with Gasteiger partial charge in [-0.25, -0.2) is 0 Å². The van der Waals surface area contributed by atoms with Crippen molar-refractivity contribution in [3.05, 3.63) is 59.1 Å². The standard InChI is InChI=1S/C26H29ClN2O4/c1-31-24-17-19-16-18(8-9-20(19)25(32-2)26(24)33-3)23(30)10-11-28-12-14-29(15-13-28)22-7-5-4-6-21(22)27/h4-9,16-17H,10-15H2,1-3H3. The van der Waals surface area contributed by atoms with Gasteiger partial charge in [0, 0.05) is 50.1 Å². The molecule has 4 rings (SSSR count). The summed E-state index contributed by atoms with van der Waals surface area (Å²) in [4.78, 5) is 17.6. The Hall–Kier alpha value is -2.96. The van der Waals surface area contributed by atoms with Crippen LogP contribution in [0.4, 0.5) is 5.69 Å². The van der Waals surface area contributed by atoms with Gasteiger partial charge in [-0.1, -0.05) is 29.8 Å². The highest BCUT2D eigenvalue weighted by Gasteiger charge is 2.20. The number of nitrogens with zero attached hydrogens (tertiary/aromatic N) is 2. The van der Waals surface area contributed by atoms with Gasteiger partial charge in [0.2, 0.25) is 5.75 Å². The van der Waals surface area contributed by atoms with Crippen LogP contribution in [-0.2, 0) is 0 Å². The Labute approximate surface area is 199 Å². The number of benzene rings is 3. The lowest BCUT2D eigenvalue weighted by molar-refractivity contribution is 0.0962. The molecule has 0 atom stereocenters. The van der Waals surface area contributed by atoms with Crippen molar-refractivity contribution in [1.29, 1.82) is 0 Å². The SMILES string of the molecule is COc1cc2cc(C(=O)CCN3CCN(c4ccccc4Cl)CC3)ccc2c(OC)c1OC. The molecule has 174 valence electrons. The Morgan fingerprint density at radius 2 is 1.64 bits per heavy atom. The van der Waals surface area contributed by atoms with Crippen molar-refractivity contribution in [2.24, 2.45) is 0 Å².